The molecule has 0 saturated carbocycles. The van der Waals surface area contributed by atoms with Gasteiger partial charge in [-0.1, -0.05) is 12.1 Å². The normalized spacial score (nSPS) is 21.2. The minimum absolute atomic E-state index is 0.210. The van der Waals surface area contributed by atoms with Gasteiger partial charge >= 0.3 is 6.18 Å². The molecule has 0 aromatic heterocycles. The molecule has 124 valence electrons. The second-order valence-electron chi connectivity index (χ2n) is 6.14. The number of rotatable bonds is 6. The number of nitrogens with zero attached hydrogens (tertiary/aromatic N) is 1. The third-order valence-electron chi connectivity index (χ3n) is 3.98. The average molecular weight is 318 g/mol. The molecule has 2 nitrogen and oxygen atoms in total. The van der Waals surface area contributed by atoms with Gasteiger partial charge in [-0.25, -0.2) is 4.39 Å². The van der Waals surface area contributed by atoms with Gasteiger partial charge in [-0.15, -0.1) is 0 Å². The summed E-state index contributed by atoms with van der Waals surface area (Å²) in [5, 5.41) is 3.37. The molecule has 2 atom stereocenters. The van der Waals surface area contributed by atoms with Crippen LogP contribution in [0.5, 0.6) is 0 Å². The predicted octanol–water partition coefficient (Wildman–Crippen LogP) is 3.23. The van der Waals surface area contributed by atoms with Crippen LogP contribution in [0.3, 0.4) is 0 Å². The fraction of sp³-hybridized carbons (Fsp3) is 0.625. The number of nitrogens with one attached hydrogen (secondary N) is 1. The highest BCUT2D eigenvalue weighted by atomic mass is 19.4. The highest BCUT2D eigenvalue weighted by Crippen LogP contribution is 2.22. The van der Waals surface area contributed by atoms with Crippen molar-refractivity contribution in [3.8, 4) is 0 Å². The molecule has 1 aliphatic rings. The summed E-state index contributed by atoms with van der Waals surface area (Å²) >= 11 is 0. The van der Waals surface area contributed by atoms with E-state index >= 15 is 0 Å². The molecule has 1 aromatic carbocycles. The van der Waals surface area contributed by atoms with Crippen LogP contribution in [-0.2, 0) is 6.42 Å². The van der Waals surface area contributed by atoms with Gasteiger partial charge in [0.25, 0.3) is 0 Å². The molecule has 1 heterocycles. The van der Waals surface area contributed by atoms with E-state index in [-0.39, 0.29) is 17.8 Å². The first-order valence-electron chi connectivity index (χ1n) is 7.59. The molecular weight excluding hydrogens is 296 g/mol. The Morgan fingerprint density at radius 2 is 1.95 bits per heavy atom. The van der Waals surface area contributed by atoms with Gasteiger partial charge in [0.2, 0.25) is 0 Å². The van der Waals surface area contributed by atoms with E-state index in [1.54, 1.807) is 12.1 Å². The van der Waals surface area contributed by atoms with Crippen LogP contribution in [0, 0.1) is 11.7 Å². The zero-order chi connectivity index (χ0) is 16.2. The molecule has 0 radical (unpaired) electrons. The van der Waals surface area contributed by atoms with Crippen LogP contribution >= 0.6 is 0 Å². The van der Waals surface area contributed by atoms with Gasteiger partial charge in [-0.3, -0.25) is 4.90 Å². The van der Waals surface area contributed by atoms with Crippen molar-refractivity contribution in [1.82, 2.24) is 10.2 Å². The van der Waals surface area contributed by atoms with E-state index in [9.17, 15) is 17.6 Å². The highest BCUT2D eigenvalue weighted by Gasteiger charge is 2.34. The van der Waals surface area contributed by atoms with Crippen LogP contribution in [0.4, 0.5) is 17.6 Å². The molecule has 2 rings (SSSR count). The van der Waals surface area contributed by atoms with E-state index < -0.39 is 12.7 Å². The van der Waals surface area contributed by atoms with E-state index in [2.05, 4.69) is 5.32 Å². The van der Waals surface area contributed by atoms with E-state index in [1.165, 1.54) is 17.0 Å². The van der Waals surface area contributed by atoms with Crippen molar-refractivity contribution in [2.24, 2.45) is 5.92 Å². The van der Waals surface area contributed by atoms with E-state index in [0.717, 1.165) is 24.9 Å². The van der Waals surface area contributed by atoms with Gasteiger partial charge in [-0.05, 0) is 56.5 Å². The number of hydrogen-bond acceptors (Lipinski definition) is 2. The Bertz CT molecular complexity index is 458. The lowest BCUT2D eigenvalue weighted by atomic mass is 10.1. The Balaban J connectivity index is 1.69. The third-order valence-corrected chi connectivity index (χ3v) is 3.98. The molecule has 22 heavy (non-hydrogen) atoms. The van der Waals surface area contributed by atoms with Crippen LogP contribution in [0.25, 0.3) is 0 Å². The van der Waals surface area contributed by atoms with Crippen LogP contribution in [0.2, 0.25) is 0 Å². The highest BCUT2D eigenvalue weighted by molar-refractivity contribution is 5.16. The maximum atomic E-state index is 12.8. The summed E-state index contributed by atoms with van der Waals surface area (Å²) in [6.45, 7) is 2.95. The maximum Gasteiger partial charge on any atom is 0.401 e. The van der Waals surface area contributed by atoms with Crippen molar-refractivity contribution >= 4 is 0 Å². The van der Waals surface area contributed by atoms with Gasteiger partial charge in [-0.2, -0.15) is 13.2 Å². The quantitative estimate of drug-likeness (QED) is 0.810. The topological polar surface area (TPSA) is 15.3 Å². The lowest BCUT2D eigenvalue weighted by Gasteiger charge is -2.19. The molecule has 0 bridgehead atoms. The Morgan fingerprint density at radius 1 is 1.27 bits per heavy atom. The number of likely N-dealkylation sites (tertiary alicyclic amines) is 1. The number of benzene rings is 1. The third kappa shape index (κ3) is 5.93. The molecule has 1 saturated heterocycles. The first-order valence-corrected chi connectivity index (χ1v) is 7.59. The first-order chi connectivity index (χ1) is 10.3. The first kappa shape index (κ1) is 17.2. The molecule has 0 unspecified atom stereocenters. The zero-order valence-corrected chi connectivity index (χ0v) is 12.7. The fourth-order valence-electron chi connectivity index (χ4n) is 2.89. The van der Waals surface area contributed by atoms with Crippen LogP contribution < -0.4 is 5.32 Å². The lowest BCUT2D eigenvalue weighted by Crippen LogP contribution is -2.36. The summed E-state index contributed by atoms with van der Waals surface area (Å²) < 4.78 is 49.8. The maximum absolute atomic E-state index is 12.8. The van der Waals surface area contributed by atoms with Gasteiger partial charge in [0, 0.05) is 12.6 Å². The number of alkyl halides is 3. The summed E-state index contributed by atoms with van der Waals surface area (Å²) in [5.74, 6) is 0.0121. The second kappa shape index (κ2) is 7.42. The monoisotopic (exact) mass is 318 g/mol. The summed E-state index contributed by atoms with van der Waals surface area (Å²) in [5.41, 5.74) is 1.05. The van der Waals surface area contributed by atoms with Crippen LogP contribution in [0.15, 0.2) is 24.3 Å². The summed E-state index contributed by atoms with van der Waals surface area (Å²) in [6.07, 6.45) is -2.54. The molecular formula is C16H22F4N2. The molecule has 0 amide bonds. The van der Waals surface area contributed by atoms with Gasteiger partial charge < -0.3 is 5.32 Å². The minimum Gasteiger partial charge on any atom is -0.314 e. The van der Waals surface area contributed by atoms with Crippen molar-refractivity contribution < 1.29 is 17.6 Å². The molecule has 1 aliphatic heterocycles. The average Bonchev–Trinajstić information content (AvgIpc) is 2.84. The van der Waals surface area contributed by atoms with Crippen molar-refractivity contribution in [3.05, 3.63) is 35.6 Å². The Morgan fingerprint density at radius 3 is 2.59 bits per heavy atom. The van der Waals surface area contributed by atoms with Crippen LogP contribution in [0.1, 0.15) is 18.9 Å². The van der Waals surface area contributed by atoms with Crippen molar-refractivity contribution in [1.29, 1.82) is 0 Å². The largest absolute Gasteiger partial charge is 0.401 e. The molecule has 1 aromatic rings. The van der Waals surface area contributed by atoms with Gasteiger partial charge in [0.15, 0.2) is 0 Å². The van der Waals surface area contributed by atoms with Crippen molar-refractivity contribution in [2.45, 2.75) is 32.0 Å². The number of halogens is 4. The number of hydrogen-bond donors (Lipinski definition) is 1. The standard InChI is InChI=1S/C16H22F4N2/c1-12(8-13-2-4-15(17)5-3-13)21-9-14-6-7-22(10-14)11-16(18,19)20/h2-5,12,14,21H,6-11H2,1H3/t12-,14+/m1/s1. The lowest BCUT2D eigenvalue weighted by molar-refractivity contribution is -0.143. The smallest absolute Gasteiger partial charge is 0.314 e. The summed E-state index contributed by atoms with van der Waals surface area (Å²) in [6, 6.07) is 6.60. The second-order valence-corrected chi connectivity index (χ2v) is 6.14. The Kier molecular flexibility index (Phi) is 5.81. The van der Waals surface area contributed by atoms with Gasteiger partial charge in [0.05, 0.1) is 6.54 Å². The van der Waals surface area contributed by atoms with Crippen molar-refractivity contribution in [3.63, 3.8) is 0 Å². The predicted molar refractivity (Wildman–Crippen MR) is 78.2 cm³/mol. The minimum atomic E-state index is -4.11. The molecule has 0 aliphatic carbocycles. The Hall–Kier alpha value is -1.14. The molecule has 1 fully saturated rings. The van der Waals surface area contributed by atoms with Crippen LogP contribution in [-0.4, -0.2) is 43.3 Å². The summed E-state index contributed by atoms with van der Waals surface area (Å²) in [7, 11) is 0. The fourth-order valence-corrected chi connectivity index (χ4v) is 2.89. The van der Waals surface area contributed by atoms with E-state index in [4.69, 9.17) is 0 Å². The van der Waals surface area contributed by atoms with E-state index in [0.29, 0.717) is 13.1 Å². The van der Waals surface area contributed by atoms with Gasteiger partial charge in [0.1, 0.15) is 5.82 Å². The SMILES string of the molecule is C[C@H](Cc1ccc(F)cc1)NC[C@@H]1CCN(CC(F)(F)F)C1. The van der Waals surface area contributed by atoms with Crippen molar-refractivity contribution in [2.75, 3.05) is 26.2 Å². The zero-order valence-electron chi connectivity index (χ0n) is 12.7. The molecule has 1 N–H and O–H groups in total. The summed E-state index contributed by atoms with van der Waals surface area (Å²) in [4.78, 5) is 1.47. The molecule has 6 heteroatoms. The van der Waals surface area contributed by atoms with E-state index in [1.807, 2.05) is 6.92 Å². The Labute approximate surface area is 128 Å². The molecule has 0 spiro atoms.